The molecule has 0 spiro atoms. The molecule has 0 atom stereocenters. The topological polar surface area (TPSA) is 104 Å². The molecule has 0 saturated carbocycles. The first-order chi connectivity index (χ1) is 19.1. The van der Waals surface area contributed by atoms with Crippen LogP contribution in [0.15, 0.2) is 97.1 Å². The van der Waals surface area contributed by atoms with Gasteiger partial charge in [-0.25, -0.2) is 17.6 Å². The summed E-state index contributed by atoms with van der Waals surface area (Å²) >= 11 is 0. The van der Waals surface area contributed by atoms with Gasteiger partial charge in [0.1, 0.15) is 23.3 Å². The van der Waals surface area contributed by atoms with E-state index >= 15 is 0 Å². The monoisotopic (exact) mass is 542 g/mol. The van der Waals surface area contributed by atoms with Crippen LogP contribution < -0.4 is 22.9 Å². The van der Waals surface area contributed by atoms with Crippen LogP contribution in [-0.2, 0) is 0 Å². The second-order valence-corrected chi connectivity index (χ2v) is 9.66. The van der Waals surface area contributed by atoms with E-state index in [4.69, 9.17) is 22.9 Å². The van der Waals surface area contributed by atoms with Crippen LogP contribution in [0, 0.1) is 23.3 Å². The molecule has 5 aromatic carbocycles. The second kappa shape index (κ2) is 10.6. The SMILES string of the molecule is Nc1ccc(C(c2ccc(C(c3ccc(N)c(F)c3)c3ccc(N)c(F)c3)cc2)c2ccc(N)c(F)c2)cc1F. The van der Waals surface area contributed by atoms with Crippen LogP contribution in [0.2, 0.25) is 0 Å². The fourth-order valence-corrected chi connectivity index (χ4v) is 4.93. The Bertz CT molecular complexity index is 1470. The van der Waals surface area contributed by atoms with Gasteiger partial charge in [0.05, 0.1) is 22.7 Å². The van der Waals surface area contributed by atoms with E-state index in [1.807, 2.05) is 24.3 Å². The van der Waals surface area contributed by atoms with E-state index in [0.29, 0.717) is 22.3 Å². The highest BCUT2D eigenvalue weighted by Gasteiger charge is 2.23. The molecule has 8 N–H and O–H groups in total. The quantitative estimate of drug-likeness (QED) is 0.106. The van der Waals surface area contributed by atoms with E-state index < -0.39 is 35.1 Å². The third kappa shape index (κ3) is 5.16. The molecule has 0 aliphatic carbocycles. The molecular formula is C32H26F4N4. The van der Waals surface area contributed by atoms with Crippen molar-refractivity contribution in [2.45, 2.75) is 11.8 Å². The minimum absolute atomic E-state index is 0.00404. The number of halogens is 4. The van der Waals surface area contributed by atoms with Crippen LogP contribution >= 0.6 is 0 Å². The maximum absolute atomic E-state index is 14.5. The van der Waals surface area contributed by atoms with Gasteiger partial charge in [-0.3, -0.25) is 0 Å². The zero-order valence-electron chi connectivity index (χ0n) is 21.2. The molecule has 8 heteroatoms. The minimum atomic E-state index is -0.592. The number of anilines is 4. The molecule has 0 unspecified atom stereocenters. The Kier molecular flexibility index (Phi) is 7.09. The Balaban J connectivity index is 1.63. The van der Waals surface area contributed by atoms with Gasteiger partial charge in [0.15, 0.2) is 0 Å². The first-order valence-electron chi connectivity index (χ1n) is 12.4. The third-order valence-electron chi connectivity index (χ3n) is 7.03. The summed E-state index contributed by atoms with van der Waals surface area (Å²) in [5, 5.41) is 0. The molecule has 0 aliphatic rings. The van der Waals surface area contributed by atoms with E-state index in [0.717, 1.165) is 11.1 Å². The average Bonchev–Trinajstić information content (AvgIpc) is 2.93. The summed E-state index contributed by atoms with van der Waals surface area (Å²) in [7, 11) is 0. The maximum atomic E-state index is 14.5. The van der Waals surface area contributed by atoms with Crippen molar-refractivity contribution < 1.29 is 17.6 Å². The first kappa shape index (κ1) is 26.6. The van der Waals surface area contributed by atoms with Gasteiger partial charge in [0, 0.05) is 11.8 Å². The van der Waals surface area contributed by atoms with Crippen molar-refractivity contribution in [3.05, 3.63) is 154 Å². The van der Waals surface area contributed by atoms with Gasteiger partial charge in [-0.15, -0.1) is 0 Å². The van der Waals surface area contributed by atoms with Crippen molar-refractivity contribution in [1.29, 1.82) is 0 Å². The van der Waals surface area contributed by atoms with Crippen LogP contribution in [-0.4, -0.2) is 0 Å². The number of nitrogens with two attached hydrogens (primary N) is 4. The van der Waals surface area contributed by atoms with E-state index in [-0.39, 0.29) is 22.7 Å². The van der Waals surface area contributed by atoms with Crippen LogP contribution in [0.4, 0.5) is 40.3 Å². The van der Waals surface area contributed by atoms with Crippen molar-refractivity contribution in [2.75, 3.05) is 22.9 Å². The summed E-state index contributed by atoms with van der Waals surface area (Å²) in [6.07, 6.45) is 0. The van der Waals surface area contributed by atoms with Gasteiger partial charge >= 0.3 is 0 Å². The van der Waals surface area contributed by atoms with Crippen LogP contribution in [0.1, 0.15) is 45.2 Å². The van der Waals surface area contributed by atoms with Crippen LogP contribution in [0.25, 0.3) is 0 Å². The molecule has 5 aromatic rings. The van der Waals surface area contributed by atoms with Crippen molar-refractivity contribution in [1.82, 2.24) is 0 Å². The van der Waals surface area contributed by atoms with Gasteiger partial charge in [0.25, 0.3) is 0 Å². The number of rotatable bonds is 6. The van der Waals surface area contributed by atoms with Crippen LogP contribution in [0.5, 0.6) is 0 Å². The molecule has 0 heterocycles. The molecule has 0 aromatic heterocycles. The standard InChI is InChI=1S/C32H26F4N4/c33-23-13-19(5-9-27(23)37)31(20-6-10-28(38)24(34)14-20)17-1-2-18(4-3-17)32(21-7-11-29(39)25(35)15-21)22-8-12-30(40)26(36)16-22/h1-16,31-32H,37-40H2. The van der Waals surface area contributed by atoms with Crippen LogP contribution in [0.3, 0.4) is 0 Å². The van der Waals surface area contributed by atoms with Gasteiger partial charge in [-0.1, -0.05) is 48.5 Å². The van der Waals surface area contributed by atoms with Crippen molar-refractivity contribution >= 4 is 22.7 Å². The fraction of sp³-hybridized carbons (Fsp3) is 0.0625. The number of nitrogen functional groups attached to an aromatic ring is 4. The molecule has 0 aliphatic heterocycles. The molecule has 0 radical (unpaired) electrons. The smallest absolute Gasteiger partial charge is 0.146 e. The zero-order valence-corrected chi connectivity index (χ0v) is 21.2. The Morgan fingerprint density at radius 2 is 0.525 bits per heavy atom. The van der Waals surface area contributed by atoms with E-state index in [2.05, 4.69) is 0 Å². The Morgan fingerprint density at radius 1 is 0.325 bits per heavy atom. The summed E-state index contributed by atoms with van der Waals surface area (Å²) in [5.74, 6) is -3.48. The molecule has 0 bridgehead atoms. The van der Waals surface area contributed by atoms with Gasteiger partial charge in [-0.05, 0) is 81.9 Å². The van der Waals surface area contributed by atoms with E-state index in [1.165, 1.54) is 48.5 Å². The molecule has 0 fully saturated rings. The summed E-state index contributed by atoms with van der Waals surface area (Å²) in [5.41, 5.74) is 26.4. The lowest BCUT2D eigenvalue weighted by atomic mass is 9.81. The van der Waals surface area contributed by atoms with Crippen molar-refractivity contribution in [3.63, 3.8) is 0 Å². The molecule has 4 nitrogen and oxygen atoms in total. The summed E-state index contributed by atoms with van der Waals surface area (Å²) in [6.45, 7) is 0. The Morgan fingerprint density at radius 3 is 0.725 bits per heavy atom. The highest BCUT2D eigenvalue weighted by atomic mass is 19.1. The lowest BCUT2D eigenvalue weighted by molar-refractivity contribution is 0.625. The summed E-state index contributed by atoms with van der Waals surface area (Å²) < 4.78 is 57.9. The number of benzene rings is 5. The Hall–Kier alpha value is -4.98. The number of hydrogen-bond acceptors (Lipinski definition) is 4. The summed E-state index contributed by atoms with van der Waals surface area (Å²) in [6, 6.07) is 25.1. The first-order valence-corrected chi connectivity index (χ1v) is 12.4. The van der Waals surface area contributed by atoms with Gasteiger partial charge in [-0.2, -0.15) is 0 Å². The molecule has 5 rings (SSSR count). The van der Waals surface area contributed by atoms with E-state index in [1.54, 1.807) is 24.3 Å². The fourth-order valence-electron chi connectivity index (χ4n) is 4.93. The lowest BCUT2D eigenvalue weighted by Gasteiger charge is -2.23. The summed E-state index contributed by atoms with van der Waals surface area (Å²) in [4.78, 5) is 0. The maximum Gasteiger partial charge on any atom is 0.146 e. The lowest BCUT2D eigenvalue weighted by Crippen LogP contribution is -2.08. The van der Waals surface area contributed by atoms with Gasteiger partial charge < -0.3 is 22.9 Å². The molecule has 0 amide bonds. The molecule has 40 heavy (non-hydrogen) atoms. The van der Waals surface area contributed by atoms with Gasteiger partial charge in [0.2, 0.25) is 0 Å². The Labute approximate surface area is 228 Å². The molecular weight excluding hydrogens is 516 g/mol. The molecule has 202 valence electrons. The van der Waals surface area contributed by atoms with Crippen molar-refractivity contribution in [3.8, 4) is 0 Å². The third-order valence-corrected chi connectivity index (χ3v) is 7.03. The molecule has 0 saturated heterocycles. The van der Waals surface area contributed by atoms with Crippen molar-refractivity contribution in [2.24, 2.45) is 0 Å². The minimum Gasteiger partial charge on any atom is -0.396 e. The highest BCUT2D eigenvalue weighted by molar-refractivity contribution is 5.54. The normalized spacial score (nSPS) is 11.3. The predicted octanol–water partition coefficient (Wildman–Crippen LogP) is 6.93. The average molecular weight is 543 g/mol. The second-order valence-electron chi connectivity index (χ2n) is 9.66. The largest absolute Gasteiger partial charge is 0.396 e. The predicted molar refractivity (Wildman–Crippen MR) is 152 cm³/mol. The number of hydrogen-bond donors (Lipinski definition) is 4. The van der Waals surface area contributed by atoms with E-state index in [9.17, 15) is 17.6 Å². The highest BCUT2D eigenvalue weighted by Crippen LogP contribution is 2.38. The zero-order chi connectivity index (χ0) is 28.6.